The van der Waals surface area contributed by atoms with Crippen molar-refractivity contribution in [2.45, 2.75) is 13.8 Å². The zero-order chi connectivity index (χ0) is 14.4. The van der Waals surface area contributed by atoms with Crippen molar-refractivity contribution >= 4 is 44.8 Å². The molecule has 0 amide bonds. The molecule has 0 unspecified atom stereocenters. The number of aryl methyl sites for hydroxylation is 1. The second kappa shape index (κ2) is 4.98. The van der Waals surface area contributed by atoms with Gasteiger partial charge in [0.1, 0.15) is 0 Å². The predicted molar refractivity (Wildman–Crippen MR) is 83.4 cm³/mol. The number of aromatic nitrogens is 4. The fraction of sp³-hybridized carbons (Fsp3) is 0.154. The van der Waals surface area contributed by atoms with E-state index in [1.807, 2.05) is 32.0 Å². The molecule has 0 radical (unpaired) electrons. The minimum atomic E-state index is 0.444. The summed E-state index contributed by atoms with van der Waals surface area (Å²) in [5.74, 6) is 0.611. The van der Waals surface area contributed by atoms with Crippen LogP contribution in [0.5, 0.6) is 0 Å². The maximum absolute atomic E-state index is 6.14. The number of nitrogens with zero attached hydrogens (tertiary/aromatic N) is 4. The summed E-state index contributed by atoms with van der Waals surface area (Å²) < 4.78 is 2.47. The van der Waals surface area contributed by atoms with E-state index in [0.29, 0.717) is 21.6 Å². The van der Waals surface area contributed by atoms with Gasteiger partial charge in [-0.1, -0.05) is 23.2 Å². The van der Waals surface area contributed by atoms with Gasteiger partial charge in [0.15, 0.2) is 16.6 Å². The van der Waals surface area contributed by atoms with Crippen molar-refractivity contribution in [1.29, 1.82) is 0 Å². The minimum absolute atomic E-state index is 0.444. The Kier molecular flexibility index (Phi) is 3.44. The fourth-order valence-electron chi connectivity index (χ4n) is 1.91. The molecule has 2 aromatic heterocycles. The standard InChI is InChI=1S/C13H9BrCl2N4/c1-6-7(2)12-17-18-13(20(12)19-11(6)16)8-3-4-9(14)10(15)5-8/h3-5H,1-2H3. The Balaban J connectivity index is 2.29. The van der Waals surface area contributed by atoms with Crippen LogP contribution >= 0.6 is 39.1 Å². The molecular weight excluding hydrogens is 363 g/mol. The Labute approximate surface area is 133 Å². The van der Waals surface area contributed by atoms with E-state index in [9.17, 15) is 0 Å². The Morgan fingerprint density at radius 3 is 2.55 bits per heavy atom. The first-order chi connectivity index (χ1) is 9.49. The van der Waals surface area contributed by atoms with Gasteiger partial charge in [0, 0.05) is 15.6 Å². The van der Waals surface area contributed by atoms with Gasteiger partial charge in [-0.3, -0.25) is 0 Å². The van der Waals surface area contributed by atoms with E-state index in [4.69, 9.17) is 23.2 Å². The monoisotopic (exact) mass is 370 g/mol. The average molecular weight is 372 g/mol. The third-order valence-corrected chi connectivity index (χ3v) is 4.81. The smallest absolute Gasteiger partial charge is 0.185 e. The Hall–Kier alpha value is -1.17. The molecule has 0 aliphatic heterocycles. The van der Waals surface area contributed by atoms with Gasteiger partial charge in [-0.05, 0) is 53.5 Å². The van der Waals surface area contributed by atoms with E-state index in [-0.39, 0.29) is 0 Å². The highest BCUT2D eigenvalue weighted by atomic mass is 79.9. The maximum atomic E-state index is 6.14. The first kappa shape index (κ1) is 13.8. The van der Waals surface area contributed by atoms with Crippen molar-refractivity contribution in [3.8, 4) is 11.4 Å². The highest BCUT2D eigenvalue weighted by Gasteiger charge is 2.15. The fourth-order valence-corrected chi connectivity index (χ4v) is 2.55. The van der Waals surface area contributed by atoms with Gasteiger partial charge in [-0.25, -0.2) is 0 Å². The van der Waals surface area contributed by atoms with E-state index in [2.05, 4.69) is 31.2 Å². The highest BCUT2D eigenvalue weighted by Crippen LogP contribution is 2.29. The quantitative estimate of drug-likeness (QED) is 0.633. The van der Waals surface area contributed by atoms with Crippen LogP contribution in [0.1, 0.15) is 11.1 Å². The molecule has 20 heavy (non-hydrogen) atoms. The highest BCUT2D eigenvalue weighted by molar-refractivity contribution is 9.10. The van der Waals surface area contributed by atoms with Crippen LogP contribution in [0.25, 0.3) is 17.0 Å². The zero-order valence-corrected chi connectivity index (χ0v) is 13.8. The van der Waals surface area contributed by atoms with Crippen LogP contribution in [0.4, 0.5) is 0 Å². The van der Waals surface area contributed by atoms with E-state index in [1.165, 1.54) is 0 Å². The largest absolute Gasteiger partial charge is 0.191 e. The van der Waals surface area contributed by atoms with Crippen molar-refractivity contribution < 1.29 is 0 Å². The molecule has 0 aliphatic carbocycles. The number of fused-ring (bicyclic) bond motifs is 1. The van der Waals surface area contributed by atoms with Crippen molar-refractivity contribution in [2.24, 2.45) is 0 Å². The van der Waals surface area contributed by atoms with Crippen LogP contribution in [0.15, 0.2) is 22.7 Å². The summed E-state index contributed by atoms with van der Waals surface area (Å²) in [6, 6.07) is 5.57. The number of benzene rings is 1. The summed E-state index contributed by atoms with van der Waals surface area (Å²) >= 11 is 15.6. The molecule has 0 saturated carbocycles. The third-order valence-electron chi connectivity index (χ3n) is 3.21. The molecule has 0 atom stereocenters. The molecule has 0 bridgehead atoms. The predicted octanol–water partition coefficient (Wildman–Crippen LogP) is 4.48. The number of hydrogen-bond acceptors (Lipinski definition) is 3. The SMILES string of the molecule is Cc1c(Cl)nn2c(-c3ccc(Br)c(Cl)c3)nnc2c1C. The van der Waals surface area contributed by atoms with Gasteiger partial charge in [-0.15, -0.1) is 10.2 Å². The zero-order valence-electron chi connectivity index (χ0n) is 10.7. The lowest BCUT2D eigenvalue weighted by Crippen LogP contribution is -2.00. The van der Waals surface area contributed by atoms with Crippen LogP contribution in [-0.4, -0.2) is 19.8 Å². The lowest BCUT2D eigenvalue weighted by molar-refractivity contribution is 0.919. The first-order valence-electron chi connectivity index (χ1n) is 5.82. The van der Waals surface area contributed by atoms with Crippen molar-refractivity contribution in [1.82, 2.24) is 19.8 Å². The Morgan fingerprint density at radius 1 is 1.10 bits per heavy atom. The van der Waals surface area contributed by atoms with Gasteiger partial charge in [0.2, 0.25) is 0 Å². The lowest BCUT2D eigenvalue weighted by Gasteiger charge is -2.05. The van der Waals surface area contributed by atoms with Crippen LogP contribution in [0.3, 0.4) is 0 Å². The first-order valence-corrected chi connectivity index (χ1v) is 7.37. The molecule has 0 aliphatic rings. The van der Waals surface area contributed by atoms with Crippen molar-refractivity contribution in [2.75, 3.05) is 0 Å². The molecular formula is C13H9BrCl2N4. The van der Waals surface area contributed by atoms with E-state index < -0.39 is 0 Å². The topological polar surface area (TPSA) is 43.1 Å². The maximum Gasteiger partial charge on any atom is 0.185 e. The molecule has 0 fully saturated rings. The molecule has 102 valence electrons. The summed E-state index contributed by atoms with van der Waals surface area (Å²) in [5, 5.41) is 13.8. The van der Waals surface area contributed by atoms with Crippen LogP contribution in [0, 0.1) is 13.8 Å². The van der Waals surface area contributed by atoms with Gasteiger partial charge < -0.3 is 0 Å². The number of halogens is 3. The summed E-state index contributed by atoms with van der Waals surface area (Å²) in [7, 11) is 0. The molecule has 3 rings (SSSR count). The third kappa shape index (κ3) is 2.10. The van der Waals surface area contributed by atoms with Crippen LogP contribution in [-0.2, 0) is 0 Å². The van der Waals surface area contributed by atoms with E-state index >= 15 is 0 Å². The molecule has 2 heterocycles. The van der Waals surface area contributed by atoms with Gasteiger partial charge in [0.25, 0.3) is 0 Å². The second-order valence-electron chi connectivity index (χ2n) is 4.43. The van der Waals surface area contributed by atoms with E-state index in [1.54, 1.807) is 4.52 Å². The Bertz CT molecular complexity index is 829. The minimum Gasteiger partial charge on any atom is -0.191 e. The van der Waals surface area contributed by atoms with Crippen LogP contribution in [0.2, 0.25) is 10.2 Å². The molecule has 7 heteroatoms. The summed E-state index contributed by atoms with van der Waals surface area (Å²) in [6.07, 6.45) is 0. The number of hydrogen-bond donors (Lipinski definition) is 0. The van der Waals surface area contributed by atoms with Gasteiger partial charge in [0.05, 0.1) is 5.02 Å². The summed E-state index contributed by atoms with van der Waals surface area (Å²) in [5.41, 5.74) is 3.40. The summed E-state index contributed by atoms with van der Waals surface area (Å²) in [6.45, 7) is 3.86. The molecule has 0 saturated heterocycles. The normalized spacial score (nSPS) is 11.2. The lowest BCUT2D eigenvalue weighted by atomic mass is 10.2. The van der Waals surface area contributed by atoms with Crippen molar-refractivity contribution in [3.05, 3.63) is 44.0 Å². The van der Waals surface area contributed by atoms with E-state index in [0.717, 1.165) is 21.2 Å². The Morgan fingerprint density at radius 2 is 1.85 bits per heavy atom. The second-order valence-corrected chi connectivity index (χ2v) is 6.05. The van der Waals surface area contributed by atoms with Crippen molar-refractivity contribution in [3.63, 3.8) is 0 Å². The summed E-state index contributed by atoms with van der Waals surface area (Å²) in [4.78, 5) is 0. The van der Waals surface area contributed by atoms with Gasteiger partial charge in [-0.2, -0.15) is 9.61 Å². The molecule has 1 aromatic carbocycles. The van der Waals surface area contributed by atoms with Crippen LogP contribution < -0.4 is 0 Å². The molecule has 4 nitrogen and oxygen atoms in total. The number of rotatable bonds is 1. The average Bonchev–Trinajstić information content (AvgIpc) is 2.83. The molecule has 0 N–H and O–H groups in total. The molecule has 0 spiro atoms. The molecule has 3 aromatic rings. The van der Waals surface area contributed by atoms with Gasteiger partial charge >= 0.3 is 0 Å².